The van der Waals surface area contributed by atoms with Crippen LogP contribution >= 0.6 is 11.6 Å². The minimum atomic E-state index is 0.0459. The molecule has 0 spiro atoms. The fourth-order valence-electron chi connectivity index (χ4n) is 4.07. The number of rotatable bonds is 6. The molecule has 1 N–H and O–H groups in total. The largest absolute Gasteiger partial charge is 0.356 e. The van der Waals surface area contributed by atoms with Crippen LogP contribution in [0.25, 0.3) is 11.0 Å². The summed E-state index contributed by atoms with van der Waals surface area (Å²) in [6.07, 6.45) is 10.2. The molecular weight excluding hydrogens is 404 g/mol. The highest BCUT2D eigenvalue weighted by Gasteiger charge is 2.26. The number of halogens is 1. The van der Waals surface area contributed by atoms with Crippen LogP contribution in [0.3, 0.4) is 0 Å². The number of aromatic nitrogens is 4. The lowest BCUT2D eigenvalue weighted by molar-refractivity contribution is 0.344. The van der Waals surface area contributed by atoms with Gasteiger partial charge in [-0.15, -0.1) is 0 Å². The van der Waals surface area contributed by atoms with Gasteiger partial charge in [0.25, 0.3) is 0 Å². The van der Waals surface area contributed by atoms with Crippen LogP contribution in [0.5, 0.6) is 0 Å². The van der Waals surface area contributed by atoms with Crippen molar-refractivity contribution in [1.29, 1.82) is 0 Å². The van der Waals surface area contributed by atoms with Gasteiger partial charge in [0.05, 0.1) is 17.3 Å². The summed E-state index contributed by atoms with van der Waals surface area (Å²) in [5, 5.41) is 1.61. The third kappa shape index (κ3) is 4.78. The summed E-state index contributed by atoms with van der Waals surface area (Å²) in [5.41, 5.74) is 1.84. The molecule has 29 heavy (non-hydrogen) atoms. The van der Waals surface area contributed by atoms with Gasteiger partial charge >= 0.3 is 0 Å². The fraction of sp³-hybridized carbons (Fsp3) is 0.476. The van der Waals surface area contributed by atoms with Crippen LogP contribution in [0.1, 0.15) is 32.6 Å². The molecule has 154 valence electrons. The van der Waals surface area contributed by atoms with Gasteiger partial charge < -0.3 is 9.88 Å². The maximum atomic E-state index is 5.88. The summed E-state index contributed by atoms with van der Waals surface area (Å²) in [6.45, 7) is 2.23. The third-order valence-corrected chi connectivity index (χ3v) is 7.95. The summed E-state index contributed by atoms with van der Waals surface area (Å²) < 4.78 is 4.92. The summed E-state index contributed by atoms with van der Waals surface area (Å²) in [5.74, 6) is 4.02. The number of hydrogen-bond acceptors (Lipinski definition) is 5. The van der Waals surface area contributed by atoms with Crippen molar-refractivity contribution < 1.29 is 0 Å². The van der Waals surface area contributed by atoms with E-state index in [-0.39, 0.29) is 10.7 Å². The molecule has 0 aromatic carbocycles. The number of hydrogen-bond donors (Lipinski definition) is 1. The molecule has 1 aliphatic rings. The molecule has 1 saturated carbocycles. The van der Waals surface area contributed by atoms with Gasteiger partial charge in [-0.05, 0) is 49.8 Å². The summed E-state index contributed by atoms with van der Waals surface area (Å²) in [4.78, 5) is 18.5. The van der Waals surface area contributed by atoms with Gasteiger partial charge in [0.2, 0.25) is 0 Å². The molecule has 0 amide bonds. The Labute approximate surface area is 179 Å². The number of nitrogens with one attached hydrogen (secondary N) is 1. The summed E-state index contributed by atoms with van der Waals surface area (Å²) in [7, 11) is 2.21. The van der Waals surface area contributed by atoms with E-state index in [0.717, 1.165) is 34.2 Å². The first-order chi connectivity index (χ1) is 14.1. The van der Waals surface area contributed by atoms with Crippen molar-refractivity contribution in [2.75, 3.05) is 23.5 Å². The molecule has 3 aromatic rings. The Hall–Kier alpha value is -1.99. The number of H-pyrrole nitrogens is 1. The molecule has 0 saturated heterocycles. The molecule has 0 bridgehead atoms. The van der Waals surface area contributed by atoms with Crippen LogP contribution < -0.4 is 4.90 Å². The highest BCUT2D eigenvalue weighted by atomic mass is 35.5. The summed E-state index contributed by atoms with van der Waals surface area (Å²) >= 11 is 5.88. The third-order valence-electron chi connectivity index (χ3n) is 5.74. The predicted molar refractivity (Wildman–Crippen MR) is 122 cm³/mol. The van der Waals surface area contributed by atoms with Gasteiger partial charge in [-0.2, -0.15) is 0 Å². The lowest BCUT2D eigenvalue weighted by Crippen LogP contribution is -2.36. The maximum Gasteiger partial charge on any atom is 0.142 e. The standard InChI is InChI=1S/C21H27ClN6S/c1-3-29(27-16-6-9-19(22)24-12-16)13-15-4-7-17(8-5-15)28(2)21-18-10-11-23-20(18)25-14-26-21/h6,9-12,14-15,17H,3-5,7-8,13H2,1-2H3,(H,23,25,26). The minimum Gasteiger partial charge on any atom is -0.356 e. The van der Waals surface area contributed by atoms with E-state index in [2.05, 4.69) is 44.9 Å². The Bertz CT molecular complexity index is 978. The van der Waals surface area contributed by atoms with Crippen molar-refractivity contribution in [2.45, 2.75) is 38.6 Å². The highest BCUT2D eigenvalue weighted by molar-refractivity contribution is 7.87. The van der Waals surface area contributed by atoms with E-state index in [0.29, 0.717) is 11.2 Å². The molecule has 4 rings (SSSR count). The first kappa shape index (κ1) is 20.3. The summed E-state index contributed by atoms with van der Waals surface area (Å²) in [6, 6.07) is 6.36. The smallest absolute Gasteiger partial charge is 0.142 e. The van der Waals surface area contributed by atoms with Crippen LogP contribution in [0.4, 0.5) is 11.5 Å². The molecule has 3 aromatic heterocycles. The zero-order chi connectivity index (χ0) is 20.2. The van der Waals surface area contributed by atoms with E-state index >= 15 is 0 Å². The molecule has 6 nitrogen and oxygen atoms in total. The van der Waals surface area contributed by atoms with Gasteiger partial charge in [-0.25, -0.2) is 19.3 Å². The Kier molecular flexibility index (Phi) is 6.45. The molecule has 1 aliphatic carbocycles. The second-order valence-electron chi connectivity index (χ2n) is 7.57. The van der Waals surface area contributed by atoms with E-state index in [1.54, 1.807) is 12.5 Å². The minimum absolute atomic E-state index is 0.0459. The second-order valence-corrected chi connectivity index (χ2v) is 9.98. The molecule has 0 radical (unpaired) electrons. The van der Waals surface area contributed by atoms with E-state index in [1.807, 2.05) is 18.3 Å². The lowest BCUT2D eigenvalue weighted by atomic mass is 9.86. The van der Waals surface area contributed by atoms with Crippen LogP contribution in [-0.2, 0) is 10.7 Å². The molecular formula is C21H27ClN6S. The van der Waals surface area contributed by atoms with Crippen molar-refractivity contribution in [3.63, 3.8) is 0 Å². The monoisotopic (exact) mass is 430 g/mol. The Morgan fingerprint density at radius 2 is 2.00 bits per heavy atom. The number of fused-ring (bicyclic) bond motifs is 1. The first-order valence-electron chi connectivity index (χ1n) is 10.2. The Balaban J connectivity index is 1.37. The number of aromatic amines is 1. The molecule has 1 atom stereocenters. The molecule has 1 fully saturated rings. The zero-order valence-electron chi connectivity index (χ0n) is 16.9. The van der Waals surface area contributed by atoms with Crippen molar-refractivity contribution in [1.82, 2.24) is 19.9 Å². The van der Waals surface area contributed by atoms with Gasteiger partial charge in [0.15, 0.2) is 0 Å². The van der Waals surface area contributed by atoms with Crippen molar-refractivity contribution in [2.24, 2.45) is 10.3 Å². The van der Waals surface area contributed by atoms with Crippen LogP contribution in [0, 0.1) is 5.92 Å². The SMILES string of the molecule is CCS(CC1CCC(N(C)c2ncnc3[nH]ccc23)CC1)=Nc1ccc(Cl)nc1. The quantitative estimate of drug-likeness (QED) is 0.548. The molecule has 3 heterocycles. The average Bonchev–Trinajstić information content (AvgIpc) is 3.24. The maximum absolute atomic E-state index is 5.88. The van der Waals surface area contributed by atoms with Crippen LogP contribution in [-0.4, -0.2) is 44.5 Å². The molecule has 1 unspecified atom stereocenters. The van der Waals surface area contributed by atoms with Gasteiger partial charge in [-0.1, -0.05) is 29.2 Å². The van der Waals surface area contributed by atoms with Crippen molar-refractivity contribution >= 4 is 44.8 Å². The van der Waals surface area contributed by atoms with Gasteiger partial charge in [-0.3, -0.25) is 0 Å². The van der Waals surface area contributed by atoms with Gasteiger partial charge in [0.1, 0.15) is 22.9 Å². The van der Waals surface area contributed by atoms with Crippen LogP contribution in [0.15, 0.2) is 41.3 Å². The number of nitrogens with zero attached hydrogens (tertiary/aromatic N) is 5. The molecule has 8 heteroatoms. The van der Waals surface area contributed by atoms with Crippen molar-refractivity contribution in [3.05, 3.63) is 42.1 Å². The van der Waals surface area contributed by atoms with Crippen molar-refractivity contribution in [3.8, 4) is 0 Å². The van der Waals surface area contributed by atoms with E-state index in [1.165, 1.54) is 31.4 Å². The fourth-order valence-corrected chi connectivity index (χ4v) is 5.91. The Morgan fingerprint density at radius 3 is 2.72 bits per heavy atom. The topological polar surface area (TPSA) is 70.1 Å². The van der Waals surface area contributed by atoms with E-state index in [4.69, 9.17) is 16.0 Å². The number of pyridine rings is 1. The zero-order valence-corrected chi connectivity index (χ0v) is 18.5. The van der Waals surface area contributed by atoms with Crippen LogP contribution in [0.2, 0.25) is 5.15 Å². The average molecular weight is 431 g/mol. The Morgan fingerprint density at radius 1 is 1.17 bits per heavy atom. The predicted octanol–water partition coefficient (Wildman–Crippen LogP) is 5.15. The van der Waals surface area contributed by atoms with E-state index in [9.17, 15) is 0 Å². The van der Waals surface area contributed by atoms with Gasteiger partial charge in [0, 0.05) is 30.8 Å². The highest BCUT2D eigenvalue weighted by Crippen LogP contribution is 2.32. The normalized spacial score (nSPS) is 20.8. The number of anilines is 1. The lowest BCUT2D eigenvalue weighted by Gasteiger charge is -2.35. The molecule has 0 aliphatic heterocycles. The first-order valence-corrected chi connectivity index (χ1v) is 12.1. The second kappa shape index (κ2) is 9.22. The van der Waals surface area contributed by atoms with E-state index < -0.39 is 0 Å².